The highest BCUT2D eigenvalue weighted by Crippen LogP contribution is 1.94. The first-order valence-electron chi connectivity index (χ1n) is 25.0. The first-order valence-corrected chi connectivity index (χ1v) is 25.0. The Morgan fingerprint density at radius 3 is 0.905 bits per heavy atom. The molecule has 20 nitrogen and oxygen atoms in total. The minimum Gasteiger partial charge on any atom is -0.329 e. The molecule has 0 aliphatic carbocycles. The Morgan fingerprint density at radius 1 is 0.254 bits per heavy atom. The van der Waals surface area contributed by atoms with Crippen molar-refractivity contribution in [3.05, 3.63) is 0 Å². The number of nitrogens with one attached hydrogen (secondary N) is 9. The Morgan fingerprint density at radius 2 is 0.540 bits per heavy atom. The van der Waals surface area contributed by atoms with Gasteiger partial charge in [-0.1, -0.05) is 0 Å². The lowest BCUT2D eigenvalue weighted by Gasteiger charge is -2.26. The van der Waals surface area contributed by atoms with Crippen LogP contribution in [-0.2, 0) is 0 Å². The van der Waals surface area contributed by atoms with E-state index in [9.17, 15) is 0 Å². The van der Waals surface area contributed by atoms with Crippen LogP contribution in [0, 0.1) is 0 Å². The van der Waals surface area contributed by atoms with Crippen LogP contribution in [0.15, 0.2) is 0 Å². The summed E-state index contributed by atoms with van der Waals surface area (Å²) in [6.45, 7) is 36.2. The predicted molar refractivity (Wildman–Crippen MR) is 272 cm³/mol. The van der Waals surface area contributed by atoms with E-state index in [4.69, 9.17) is 28.7 Å². The number of likely N-dealkylation sites (N-methyl/N-ethyl adjacent to an activating group) is 3. The molecule has 19 N–H and O–H groups in total. The molecule has 0 aliphatic heterocycles. The van der Waals surface area contributed by atoms with Crippen molar-refractivity contribution in [1.29, 1.82) is 0 Å². The van der Waals surface area contributed by atoms with E-state index in [2.05, 4.69) is 84.3 Å². The van der Waals surface area contributed by atoms with Crippen molar-refractivity contribution in [1.82, 2.24) is 77.3 Å². The monoisotopic (exact) mass is 905 g/mol. The van der Waals surface area contributed by atoms with E-state index in [-0.39, 0.29) is 0 Å². The van der Waals surface area contributed by atoms with Gasteiger partial charge in [-0.05, 0) is 60.2 Å². The summed E-state index contributed by atoms with van der Waals surface area (Å²) >= 11 is 0. The molecule has 0 bridgehead atoms. The van der Waals surface area contributed by atoms with Crippen molar-refractivity contribution in [2.45, 2.75) is 12.8 Å². The van der Waals surface area contributed by atoms with Crippen molar-refractivity contribution in [3.63, 3.8) is 0 Å². The van der Waals surface area contributed by atoms with Crippen molar-refractivity contribution >= 4 is 0 Å². The SMILES string of the molecule is CNCCNCCN(CCN)CCNCCN(CCCNCCCN(C)CCN)CCNCCN(CCNCCN(CCN)CCN)CCNCCN(CCNC)CCNCCN. The van der Waals surface area contributed by atoms with Crippen LogP contribution in [0.2, 0.25) is 0 Å². The van der Waals surface area contributed by atoms with Crippen molar-refractivity contribution < 1.29 is 0 Å². The molecular weight excluding hydrogens is 797 g/mol. The molecule has 0 aliphatic rings. The maximum absolute atomic E-state index is 5.94. The molecule has 0 unspecified atom stereocenters. The van der Waals surface area contributed by atoms with E-state index in [1.807, 2.05) is 14.1 Å². The molecule has 0 fully saturated rings. The molecule has 20 heteroatoms. The number of nitrogens with zero attached hydrogens (tertiary/aromatic N) is 6. The topological polar surface area (TPSA) is 258 Å². The van der Waals surface area contributed by atoms with Crippen LogP contribution in [-0.4, -0.2) is 299 Å². The van der Waals surface area contributed by atoms with Crippen molar-refractivity contribution in [3.8, 4) is 0 Å². The average molecular weight is 905 g/mol. The molecule has 0 atom stereocenters. The Balaban J connectivity index is 5.06. The van der Waals surface area contributed by atoms with Gasteiger partial charge < -0.3 is 86.3 Å². The minimum absolute atomic E-state index is 0.664. The fourth-order valence-electron chi connectivity index (χ4n) is 7.29. The van der Waals surface area contributed by atoms with Crippen LogP contribution in [0.4, 0.5) is 0 Å². The van der Waals surface area contributed by atoms with E-state index >= 15 is 0 Å². The van der Waals surface area contributed by atoms with Crippen molar-refractivity contribution in [2.75, 3.05) is 270 Å². The van der Waals surface area contributed by atoms with Gasteiger partial charge in [0.05, 0.1) is 0 Å². The van der Waals surface area contributed by atoms with Crippen LogP contribution in [0.3, 0.4) is 0 Å². The maximum Gasteiger partial charge on any atom is 0.0108 e. The molecule has 380 valence electrons. The van der Waals surface area contributed by atoms with Crippen LogP contribution in [0.1, 0.15) is 12.8 Å². The van der Waals surface area contributed by atoms with Crippen LogP contribution >= 0.6 is 0 Å². The summed E-state index contributed by atoms with van der Waals surface area (Å²) in [5.74, 6) is 0. The van der Waals surface area contributed by atoms with Gasteiger partial charge in [-0.25, -0.2) is 0 Å². The molecule has 0 amide bonds. The van der Waals surface area contributed by atoms with Crippen LogP contribution in [0.25, 0.3) is 0 Å². The zero-order valence-corrected chi connectivity index (χ0v) is 41.4. The molecule has 0 radical (unpaired) electrons. The second-order valence-electron chi connectivity index (χ2n) is 16.6. The molecule has 0 spiro atoms. The summed E-state index contributed by atoms with van der Waals surface area (Å²) in [6, 6.07) is 0. The Hall–Kier alpha value is -0.800. The summed E-state index contributed by atoms with van der Waals surface area (Å²) in [5, 5.41) is 32.0. The summed E-state index contributed by atoms with van der Waals surface area (Å²) < 4.78 is 0. The molecule has 0 rings (SSSR count). The molecule has 0 saturated carbocycles. The van der Waals surface area contributed by atoms with Gasteiger partial charge in [0, 0.05) is 223 Å². The summed E-state index contributed by atoms with van der Waals surface area (Å²) in [7, 11) is 6.16. The van der Waals surface area contributed by atoms with Gasteiger partial charge in [0.25, 0.3) is 0 Å². The third-order valence-corrected chi connectivity index (χ3v) is 11.2. The Labute approximate surface area is 387 Å². The average Bonchev–Trinajstić information content (AvgIpc) is 3.27. The van der Waals surface area contributed by atoms with Gasteiger partial charge in [0.1, 0.15) is 0 Å². The molecular formula is C43H108N20. The fourth-order valence-corrected chi connectivity index (χ4v) is 7.29. The van der Waals surface area contributed by atoms with Gasteiger partial charge in [-0.3, -0.25) is 19.6 Å². The molecule has 63 heavy (non-hydrogen) atoms. The third-order valence-electron chi connectivity index (χ3n) is 11.2. The number of hydrogen-bond acceptors (Lipinski definition) is 20. The summed E-state index contributed by atoms with van der Waals surface area (Å²) in [6.07, 6.45) is 2.29. The maximum atomic E-state index is 5.94. The number of nitrogens with two attached hydrogens (primary N) is 5. The molecule has 0 aromatic carbocycles. The van der Waals surface area contributed by atoms with Gasteiger partial charge in [0.15, 0.2) is 0 Å². The highest BCUT2D eigenvalue weighted by molar-refractivity contribution is 4.70. The molecule has 0 saturated heterocycles. The largest absolute Gasteiger partial charge is 0.329 e. The second-order valence-corrected chi connectivity index (χ2v) is 16.6. The van der Waals surface area contributed by atoms with Crippen LogP contribution < -0.4 is 76.5 Å². The highest BCUT2D eigenvalue weighted by atomic mass is 15.2. The second kappa shape index (κ2) is 50.6. The van der Waals surface area contributed by atoms with Gasteiger partial charge in [0.2, 0.25) is 0 Å². The summed E-state index contributed by atoms with van der Waals surface area (Å²) in [4.78, 5) is 14.8. The number of hydrogen-bond donors (Lipinski definition) is 14. The van der Waals surface area contributed by atoms with E-state index in [0.717, 1.165) is 235 Å². The third kappa shape index (κ3) is 43.5. The van der Waals surface area contributed by atoms with Gasteiger partial charge >= 0.3 is 0 Å². The lowest BCUT2D eigenvalue weighted by atomic mass is 10.3. The molecule has 0 aromatic heterocycles. The van der Waals surface area contributed by atoms with Gasteiger partial charge in [-0.2, -0.15) is 0 Å². The van der Waals surface area contributed by atoms with Crippen LogP contribution in [0.5, 0.6) is 0 Å². The first-order chi connectivity index (χ1) is 31.0. The first kappa shape index (κ1) is 62.2. The lowest BCUT2D eigenvalue weighted by molar-refractivity contribution is 0.244. The minimum atomic E-state index is 0.664. The number of rotatable bonds is 54. The van der Waals surface area contributed by atoms with E-state index in [0.29, 0.717) is 26.2 Å². The van der Waals surface area contributed by atoms with E-state index in [1.165, 1.54) is 0 Å². The molecule has 0 heterocycles. The predicted octanol–water partition coefficient (Wildman–Crippen LogP) is -6.43. The standard InChI is InChI=1S/C43H108N20/c1-49-14-15-53-18-37-61(32-10-48)38-22-54-19-34-59(28-5-12-51-11-4-27-58(3)29-7-45)35-20-55-24-41-63(42-25-56-21-36-60(30-8-46)31-9-47)43-26-57-23-40-62(33-16-50-2)39-17-52-13-6-44/h49-57H,4-48H2,1-3H3. The Kier molecular flexibility index (Phi) is 50.0. The normalized spacial score (nSPS) is 12.3. The van der Waals surface area contributed by atoms with E-state index < -0.39 is 0 Å². The zero-order valence-electron chi connectivity index (χ0n) is 41.4. The van der Waals surface area contributed by atoms with E-state index in [1.54, 1.807) is 0 Å². The van der Waals surface area contributed by atoms with Crippen molar-refractivity contribution in [2.24, 2.45) is 28.7 Å². The lowest BCUT2D eigenvalue weighted by Crippen LogP contribution is -2.44. The smallest absolute Gasteiger partial charge is 0.0108 e. The quantitative estimate of drug-likeness (QED) is 0.0254. The highest BCUT2D eigenvalue weighted by Gasteiger charge is 2.10. The zero-order chi connectivity index (χ0) is 46.1. The summed E-state index contributed by atoms with van der Waals surface area (Å²) in [5.41, 5.74) is 29.0. The fraction of sp³-hybridized carbons (Fsp3) is 1.00. The Bertz CT molecular complexity index is 864. The van der Waals surface area contributed by atoms with Gasteiger partial charge in [-0.15, -0.1) is 0 Å². The molecule has 0 aromatic rings.